The van der Waals surface area contributed by atoms with Gasteiger partial charge in [-0.3, -0.25) is 4.79 Å². The summed E-state index contributed by atoms with van der Waals surface area (Å²) in [5.74, 6) is -0.207. The molecule has 3 aromatic carbocycles. The largest absolute Gasteiger partial charge is 0.387 e. The van der Waals surface area contributed by atoms with E-state index in [1.807, 2.05) is 91.0 Å². The van der Waals surface area contributed by atoms with Gasteiger partial charge in [-0.15, -0.1) is 0 Å². The maximum atomic E-state index is 12.6. The van der Waals surface area contributed by atoms with Crippen molar-refractivity contribution in [1.82, 2.24) is 5.32 Å². The summed E-state index contributed by atoms with van der Waals surface area (Å²) < 4.78 is 26.2. The number of amides is 1. The van der Waals surface area contributed by atoms with Crippen molar-refractivity contribution < 1.29 is 28.8 Å². The summed E-state index contributed by atoms with van der Waals surface area (Å²) in [7, 11) is 0. The van der Waals surface area contributed by atoms with Crippen molar-refractivity contribution >= 4 is 5.91 Å². The molecule has 2 N–H and O–H groups in total. The summed E-state index contributed by atoms with van der Waals surface area (Å²) in [4.78, 5) is 12.6. The van der Waals surface area contributed by atoms with Crippen LogP contribution in [0.25, 0.3) is 0 Å². The number of benzene rings is 3. The first kappa shape index (κ1) is 30.4. The summed E-state index contributed by atoms with van der Waals surface area (Å²) in [5, 5.41) is 15.1. The maximum Gasteiger partial charge on any atom is 0.217 e. The molecule has 1 saturated carbocycles. The maximum absolute atomic E-state index is 12.6. The van der Waals surface area contributed by atoms with E-state index in [0.717, 1.165) is 36.0 Å². The second-order valence-corrected chi connectivity index (χ2v) is 11.5. The SMILES string of the molecule is CC(=O)N[C@@H]1[C@@H](OCc2ccccc2)[C@@H](OCc2ccccc2)[C@@H](COCc2ccccc2)O[C@H]1C1(O)CCCCC1. The molecule has 1 aliphatic heterocycles. The molecular weight excluding hydrogens is 530 g/mol. The van der Waals surface area contributed by atoms with E-state index in [1.54, 1.807) is 0 Å². The Bertz CT molecular complexity index is 1220. The van der Waals surface area contributed by atoms with E-state index in [0.29, 0.717) is 32.7 Å². The smallest absolute Gasteiger partial charge is 0.217 e. The Morgan fingerprint density at radius 1 is 0.786 bits per heavy atom. The molecule has 7 heteroatoms. The quantitative estimate of drug-likeness (QED) is 0.304. The molecule has 0 radical (unpaired) electrons. The van der Waals surface area contributed by atoms with Crippen LogP contribution in [0.4, 0.5) is 0 Å². The minimum atomic E-state index is -1.10. The molecule has 224 valence electrons. The third-order valence-corrected chi connectivity index (χ3v) is 8.27. The fourth-order valence-corrected chi connectivity index (χ4v) is 6.18. The molecule has 2 aliphatic rings. The van der Waals surface area contributed by atoms with E-state index in [2.05, 4.69) is 5.32 Å². The van der Waals surface area contributed by atoms with Gasteiger partial charge in [-0.05, 0) is 29.5 Å². The fourth-order valence-electron chi connectivity index (χ4n) is 6.18. The number of ether oxygens (including phenoxy) is 4. The normalized spacial score (nSPS) is 25.5. The molecule has 1 amide bonds. The number of rotatable bonds is 12. The zero-order valence-corrected chi connectivity index (χ0v) is 24.4. The number of hydrogen-bond acceptors (Lipinski definition) is 6. The van der Waals surface area contributed by atoms with Gasteiger partial charge in [0.05, 0.1) is 38.1 Å². The highest BCUT2D eigenvalue weighted by molar-refractivity contribution is 5.73. The number of hydrogen-bond donors (Lipinski definition) is 2. The van der Waals surface area contributed by atoms with Gasteiger partial charge in [0.15, 0.2) is 0 Å². The van der Waals surface area contributed by atoms with Crippen molar-refractivity contribution in [3.8, 4) is 0 Å². The van der Waals surface area contributed by atoms with Crippen LogP contribution in [-0.2, 0) is 43.6 Å². The summed E-state index contributed by atoms with van der Waals surface area (Å²) in [6, 6.07) is 29.3. The number of carbonyl (C=O) groups excluding carboxylic acids is 1. The van der Waals surface area contributed by atoms with Gasteiger partial charge in [0.25, 0.3) is 0 Å². The second-order valence-electron chi connectivity index (χ2n) is 11.5. The molecule has 1 heterocycles. The molecule has 3 aromatic rings. The Balaban J connectivity index is 1.46. The van der Waals surface area contributed by atoms with E-state index in [-0.39, 0.29) is 12.5 Å². The molecule has 2 fully saturated rings. The molecule has 42 heavy (non-hydrogen) atoms. The molecular formula is C35H43NO6. The third-order valence-electron chi connectivity index (χ3n) is 8.27. The lowest BCUT2D eigenvalue weighted by Crippen LogP contribution is -2.70. The van der Waals surface area contributed by atoms with Gasteiger partial charge < -0.3 is 29.4 Å². The molecule has 1 saturated heterocycles. The van der Waals surface area contributed by atoms with Gasteiger partial charge in [0, 0.05) is 6.92 Å². The van der Waals surface area contributed by atoms with Crippen molar-refractivity contribution in [2.24, 2.45) is 0 Å². The predicted molar refractivity (Wildman–Crippen MR) is 160 cm³/mol. The number of aliphatic hydroxyl groups is 1. The van der Waals surface area contributed by atoms with Crippen molar-refractivity contribution in [2.75, 3.05) is 6.61 Å². The first-order valence-electron chi connectivity index (χ1n) is 15.1. The Labute approximate surface area is 249 Å². The van der Waals surface area contributed by atoms with Gasteiger partial charge in [-0.25, -0.2) is 0 Å². The first-order valence-corrected chi connectivity index (χ1v) is 15.1. The van der Waals surface area contributed by atoms with Crippen LogP contribution in [0.3, 0.4) is 0 Å². The van der Waals surface area contributed by atoms with Gasteiger partial charge in [-0.2, -0.15) is 0 Å². The van der Waals surface area contributed by atoms with Crippen LogP contribution in [0.5, 0.6) is 0 Å². The van der Waals surface area contributed by atoms with Gasteiger partial charge >= 0.3 is 0 Å². The van der Waals surface area contributed by atoms with Crippen LogP contribution >= 0.6 is 0 Å². The Morgan fingerprint density at radius 2 is 1.29 bits per heavy atom. The summed E-state index contributed by atoms with van der Waals surface area (Å²) >= 11 is 0. The standard InChI is InChI=1S/C35H43NO6/c1-26(37)36-31-33(41-24-29-18-10-4-11-19-29)32(40-23-28-16-8-3-9-17-28)30(25-39-22-27-14-6-2-7-15-27)42-34(31)35(38)20-12-5-13-21-35/h2-4,6-11,14-19,30-34,38H,5,12-13,20-25H2,1H3,(H,36,37)/t30-,31-,32+,33-,34-/m1/s1. The minimum Gasteiger partial charge on any atom is -0.387 e. The Morgan fingerprint density at radius 3 is 1.81 bits per heavy atom. The molecule has 0 spiro atoms. The van der Waals surface area contributed by atoms with Crippen LogP contribution in [0.1, 0.15) is 55.7 Å². The Kier molecular flexibility index (Phi) is 10.8. The summed E-state index contributed by atoms with van der Waals surface area (Å²) in [6.07, 6.45) is 1.73. The summed E-state index contributed by atoms with van der Waals surface area (Å²) in [6.45, 7) is 2.84. The highest BCUT2D eigenvalue weighted by atomic mass is 16.6. The molecule has 0 bridgehead atoms. The van der Waals surface area contributed by atoms with E-state index in [4.69, 9.17) is 18.9 Å². The van der Waals surface area contributed by atoms with Gasteiger partial charge in [-0.1, -0.05) is 110 Å². The van der Waals surface area contributed by atoms with E-state index in [9.17, 15) is 9.90 Å². The molecule has 1 aliphatic carbocycles. The molecule has 5 atom stereocenters. The zero-order chi connectivity index (χ0) is 29.2. The van der Waals surface area contributed by atoms with Crippen molar-refractivity contribution in [1.29, 1.82) is 0 Å². The number of nitrogens with one attached hydrogen (secondary N) is 1. The van der Waals surface area contributed by atoms with Crippen LogP contribution in [-0.4, -0.2) is 53.7 Å². The number of carbonyl (C=O) groups is 1. The van der Waals surface area contributed by atoms with Gasteiger partial charge in [0.1, 0.15) is 24.4 Å². The highest BCUT2D eigenvalue weighted by Gasteiger charge is 2.55. The average Bonchev–Trinajstić information content (AvgIpc) is 3.01. The average molecular weight is 574 g/mol. The van der Waals surface area contributed by atoms with Crippen molar-refractivity contribution in [2.45, 2.75) is 94.9 Å². The van der Waals surface area contributed by atoms with E-state index < -0.39 is 36.1 Å². The minimum absolute atomic E-state index is 0.207. The van der Waals surface area contributed by atoms with Crippen molar-refractivity contribution in [3.05, 3.63) is 108 Å². The van der Waals surface area contributed by atoms with Crippen LogP contribution in [0, 0.1) is 0 Å². The predicted octanol–water partition coefficient (Wildman–Crippen LogP) is 5.34. The van der Waals surface area contributed by atoms with Crippen LogP contribution in [0.15, 0.2) is 91.0 Å². The van der Waals surface area contributed by atoms with Gasteiger partial charge in [0.2, 0.25) is 5.91 Å². The second kappa shape index (κ2) is 14.9. The topological polar surface area (TPSA) is 86.3 Å². The lowest BCUT2D eigenvalue weighted by Gasteiger charge is -2.52. The third kappa shape index (κ3) is 8.06. The van der Waals surface area contributed by atoms with E-state index >= 15 is 0 Å². The zero-order valence-electron chi connectivity index (χ0n) is 24.4. The highest BCUT2D eigenvalue weighted by Crippen LogP contribution is 2.40. The molecule has 0 aromatic heterocycles. The first-order chi connectivity index (χ1) is 20.5. The summed E-state index contributed by atoms with van der Waals surface area (Å²) in [5.41, 5.74) is 2.00. The van der Waals surface area contributed by atoms with E-state index in [1.165, 1.54) is 6.92 Å². The lowest BCUT2D eigenvalue weighted by molar-refractivity contribution is -0.268. The van der Waals surface area contributed by atoms with Crippen LogP contribution < -0.4 is 5.32 Å². The molecule has 7 nitrogen and oxygen atoms in total. The lowest BCUT2D eigenvalue weighted by atomic mass is 9.75. The molecule has 5 rings (SSSR count). The fraction of sp³-hybridized carbons (Fsp3) is 0.457. The van der Waals surface area contributed by atoms with Crippen molar-refractivity contribution in [3.63, 3.8) is 0 Å². The van der Waals surface area contributed by atoms with Crippen LogP contribution in [0.2, 0.25) is 0 Å². The Hall–Kier alpha value is -3.07. The monoisotopic (exact) mass is 573 g/mol. The molecule has 0 unspecified atom stereocenters.